The van der Waals surface area contributed by atoms with Crippen molar-refractivity contribution >= 4 is 21.0 Å². The van der Waals surface area contributed by atoms with Crippen LogP contribution in [0.25, 0.3) is 0 Å². The molecule has 0 saturated carbocycles. The van der Waals surface area contributed by atoms with Crippen LogP contribution in [0.3, 0.4) is 0 Å². The van der Waals surface area contributed by atoms with Crippen molar-refractivity contribution < 1.29 is 65.7 Å². The average Bonchev–Trinajstić information content (AvgIpc) is 2.78. The monoisotopic (exact) mass is 616 g/mol. The van der Waals surface area contributed by atoms with Crippen molar-refractivity contribution in [3.63, 3.8) is 0 Å². The van der Waals surface area contributed by atoms with Crippen molar-refractivity contribution in [2.75, 3.05) is 0 Å². The second-order valence-electron chi connectivity index (χ2n) is 7.27. The molecule has 0 unspecified atom stereocenters. The number of alkyl halides is 12. The molecule has 0 amide bonds. The van der Waals surface area contributed by atoms with E-state index >= 15 is 0 Å². The van der Waals surface area contributed by atoms with Crippen LogP contribution in [0.2, 0.25) is 0 Å². The van der Waals surface area contributed by atoms with E-state index in [4.69, 9.17) is 13.0 Å². The molecule has 0 aliphatic heterocycles. The van der Waals surface area contributed by atoms with Crippen LogP contribution < -0.4 is 0 Å². The topological polar surface area (TPSA) is 57.2 Å². The molecule has 0 aliphatic rings. The maximum absolute atomic E-state index is 12.9. The minimum atomic E-state index is -6.09. The molecule has 214 valence electrons. The van der Waals surface area contributed by atoms with Crippen molar-refractivity contribution in [1.82, 2.24) is 0 Å². The average molecular weight is 616 g/mol. The van der Waals surface area contributed by atoms with E-state index < -0.39 is 61.7 Å². The lowest BCUT2D eigenvalue weighted by Gasteiger charge is -2.12. The Morgan fingerprint density at radius 3 is 0.769 bits per heavy atom. The third kappa shape index (κ3) is 8.79. The van der Waals surface area contributed by atoms with Crippen LogP contribution in [0.1, 0.15) is 16.7 Å². The van der Waals surface area contributed by atoms with Gasteiger partial charge in [0.05, 0.1) is 27.6 Å². The molecule has 17 heteroatoms. The van der Waals surface area contributed by atoms with E-state index in [2.05, 4.69) is 0 Å². The summed E-state index contributed by atoms with van der Waals surface area (Å²) in [5, 5.41) is 0. The van der Waals surface area contributed by atoms with E-state index in [1.165, 1.54) is 36.4 Å². The summed E-state index contributed by atoms with van der Waals surface area (Å²) >= 11 is 0. The molecule has 0 aromatic heterocycles. The Morgan fingerprint density at radius 1 is 0.462 bits per heavy atom. The van der Waals surface area contributed by atoms with Gasteiger partial charge in [-0.3, -0.25) is 0 Å². The van der Waals surface area contributed by atoms with Gasteiger partial charge < -0.3 is 4.55 Å². The minimum Gasteiger partial charge on any atom is -0.741 e. The Kier molecular flexibility index (Phi) is 9.35. The van der Waals surface area contributed by atoms with Crippen LogP contribution in [-0.2, 0) is 39.5 Å². The smallest absolute Gasteiger partial charge is 0.485 e. The van der Waals surface area contributed by atoms with E-state index in [1.807, 2.05) is 0 Å². The lowest BCUT2D eigenvalue weighted by atomic mass is 10.2. The molecule has 0 spiro atoms. The van der Waals surface area contributed by atoms with Gasteiger partial charge >= 0.3 is 24.0 Å². The fourth-order valence-electron chi connectivity index (χ4n) is 2.75. The predicted molar refractivity (Wildman–Crippen MR) is 112 cm³/mol. The fourth-order valence-corrected chi connectivity index (χ4v) is 4.79. The van der Waals surface area contributed by atoms with Gasteiger partial charge in [0.15, 0.2) is 24.8 Å². The van der Waals surface area contributed by atoms with E-state index in [9.17, 15) is 52.7 Å². The molecule has 0 aliphatic carbocycles. The second kappa shape index (κ2) is 11.3. The first-order valence-corrected chi connectivity index (χ1v) is 12.4. The molecule has 3 aromatic carbocycles. The summed E-state index contributed by atoms with van der Waals surface area (Å²) in [6.45, 7) is 0. The summed E-state index contributed by atoms with van der Waals surface area (Å²) in [5.74, 6) is 0. The first-order valence-electron chi connectivity index (χ1n) is 9.80. The summed E-state index contributed by atoms with van der Waals surface area (Å²) in [4.78, 5) is 0.938. The van der Waals surface area contributed by atoms with Gasteiger partial charge in [-0.25, -0.2) is 8.42 Å². The highest BCUT2D eigenvalue weighted by Gasteiger charge is 2.38. The van der Waals surface area contributed by atoms with Gasteiger partial charge in [0.1, 0.15) is 0 Å². The zero-order valence-electron chi connectivity index (χ0n) is 18.5. The normalized spacial score (nSPS) is 13.2. The molecule has 0 N–H and O–H groups in total. The Balaban J connectivity index is 0.000000580. The highest BCUT2D eigenvalue weighted by atomic mass is 32.2. The van der Waals surface area contributed by atoms with Crippen LogP contribution >= 0.6 is 0 Å². The van der Waals surface area contributed by atoms with Gasteiger partial charge in [-0.1, -0.05) is 0 Å². The van der Waals surface area contributed by atoms with E-state index in [0.29, 0.717) is 14.7 Å². The van der Waals surface area contributed by atoms with Gasteiger partial charge in [-0.15, -0.1) is 0 Å². The van der Waals surface area contributed by atoms with Crippen LogP contribution in [-0.4, -0.2) is 18.5 Å². The summed E-state index contributed by atoms with van der Waals surface area (Å²) in [5.41, 5.74) is -8.40. The maximum atomic E-state index is 12.9. The summed E-state index contributed by atoms with van der Waals surface area (Å²) < 4.78 is 175. The van der Waals surface area contributed by atoms with Gasteiger partial charge in [0.2, 0.25) is 0 Å². The molecule has 0 atom stereocenters. The lowest BCUT2D eigenvalue weighted by molar-refractivity contribution is -0.138. The van der Waals surface area contributed by atoms with Gasteiger partial charge in [-0.2, -0.15) is 52.7 Å². The molecule has 0 saturated heterocycles. The molecular formula is C22H12F12O3S2. The van der Waals surface area contributed by atoms with Crippen molar-refractivity contribution in [3.05, 3.63) is 89.5 Å². The first-order chi connectivity index (χ1) is 17.5. The summed E-state index contributed by atoms with van der Waals surface area (Å²) in [6.07, 6.45) is -13.8. The molecule has 0 radical (unpaired) electrons. The van der Waals surface area contributed by atoms with Crippen molar-refractivity contribution in [1.29, 1.82) is 0 Å². The standard InChI is InChI=1S/C21H12F9S.CHF3O3S/c22-19(23,24)13-1-7-16(8-2-13)31(17-9-3-14(4-10-17)20(25,26)27)18-11-5-15(6-12-18)21(28,29)30;2-1(3,4)8(5,6)7/h1-12H;(H,5,6,7)/q+1;/p-1. The number of benzene rings is 3. The van der Waals surface area contributed by atoms with Gasteiger partial charge in [0.25, 0.3) is 0 Å². The predicted octanol–water partition coefficient (Wildman–Crippen LogP) is 7.89. The van der Waals surface area contributed by atoms with Crippen molar-refractivity contribution in [3.8, 4) is 0 Å². The van der Waals surface area contributed by atoms with Crippen LogP contribution in [0.5, 0.6) is 0 Å². The number of halogens is 12. The Labute approximate surface area is 215 Å². The third-order valence-electron chi connectivity index (χ3n) is 4.54. The van der Waals surface area contributed by atoms with Crippen LogP contribution in [0.15, 0.2) is 87.5 Å². The fraction of sp³-hybridized carbons (Fsp3) is 0.182. The molecule has 3 aromatic rings. The highest BCUT2D eigenvalue weighted by molar-refractivity contribution is 7.97. The second-order valence-corrected chi connectivity index (χ2v) is 10.7. The van der Waals surface area contributed by atoms with E-state index in [-0.39, 0.29) is 0 Å². The zero-order chi connectivity index (χ0) is 30.0. The van der Waals surface area contributed by atoms with E-state index in [1.54, 1.807) is 0 Å². The lowest BCUT2D eigenvalue weighted by Crippen LogP contribution is -2.21. The van der Waals surface area contributed by atoms with Gasteiger partial charge in [-0.05, 0) is 72.8 Å². The van der Waals surface area contributed by atoms with Crippen molar-refractivity contribution in [2.24, 2.45) is 0 Å². The molecule has 0 fully saturated rings. The first kappa shape index (κ1) is 32.3. The minimum absolute atomic E-state index is 0.313. The Bertz CT molecular complexity index is 1200. The van der Waals surface area contributed by atoms with Crippen LogP contribution in [0, 0.1) is 0 Å². The highest BCUT2D eigenvalue weighted by Crippen LogP contribution is 2.37. The van der Waals surface area contributed by atoms with E-state index in [0.717, 1.165) is 36.4 Å². The summed E-state index contributed by atoms with van der Waals surface area (Å²) in [6, 6.07) is 11.9. The number of hydrogen-bond acceptors (Lipinski definition) is 3. The molecule has 0 bridgehead atoms. The number of hydrogen-bond donors (Lipinski definition) is 0. The largest absolute Gasteiger partial charge is 0.741 e. The van der Waals surface area contributed by atoms with Crippen molar-refractivity contribution in [2.45, 2.75) is 38.7 Å². The SMILES string of the molecule is FC(F)(F)c1ccc([S+](c2ccc(C(F)(F)F)cc2)c2ccc(C(F)(F)F)cc2)cc1.O=S(=O)([O-])C(F)(F)F. The third-order valence-corrected chi connectivity index (χ3v) is 7.33. The molecule has 3 rings (SSSR count). The molecule has 3 nitrogen and oxygen atoms in total. The van der Waals surface area contributed by atoms with Gasteiger partial charge in [0, 0.05) is 0 Å². The number of rotatable bonds is 3. The molecule has 39 heavy (non-hydrogen) atoms. The molecular weight excluding hydrogens is 604 g/mol. The Morgan fingerprint density at radius 2 is 0.641 bits per heavy atom. The summed E-state index contributed by atoms with van der Waals surface area (Å²) in [7, 11) is -7.31. The maximum Gasteiger partial charge on any atom is 0.485 e. The zero-order valence-corrected chi connectivity index (χ0v) is 20.1. The van der Waals surface area contributed by atoms with Crippen LogP contribution in [0.4, 0.5) is 52.7 Å². The molecule has 0 heterocycles. The quantitative estimate of drug-likeness (QED) is 0.130. The Hall–Kier alpha value is -2.92.